The molecule has 0 saturated carbocycles. The number of nitrogens with zero attached hydrogens (tertiary/aromatic N) is 1. The quantitative estimate of drug-likeness (QED) is 0.502. The maximum absolute atomic E-state index is 12.3. The highest BCUT2D eigenvalue weighted by Crippen LogP contribution is 2.28. The summed E-state index contributed by atoms with van der Waals surface area (Å²) in [5.74, 6) is 0.430. The first kappa shape index (κ1) is 15.7. The van der Waals surface area contributed by atoms with Crippen LogP contribution in [0, 0.1) is 6.92 Å². The number of carbonyl (C=O) groups is 1. The first-order chi connectivity index (χ1) is 12.1. The number of para-hydroxylation sites is 2. The Bertz CT molecular complexity index is 1050. The van der Waals surface area contributed by atoms with E-state index in [9.17, 15) is 4.79 Å². The number of hydrogen-bond donors (Lipinski definition) is 1. The third-order valence-electron chi connectivity index (χ3n) is 3.82. The van der Waals surface area contributed by atoms with Crippen LogP contribution in [0.5, 0.6) is 0 Å². The van der Waals surface area contributed by atoms with Gasteiger partial charge in [-0.25, -0.2) is 4.98 Å². The molecule has 25 heavy (non-hydrogen) atoms. The van der Waals surface area contributed by atoms with Gasteiger partial charge in [-0.3, -0.25) is 4.79 Å². The van der Waals surface area contributed by atoms with Crippen molar-refractivity contribution < 1.29 is 13.6 Å². The Morgan fingerprint density at radius 1 is 1.08 bits per heavy atom. The fourth-order valence-electron chi connectivity index (χ4n) is 2.51. The van der Waals surface area contributed by atoms with E-state index in [-0.39, 0.29) is 11.7 Å². The number of halogens is 1. The first-order valence-electron chi connectivity index (χ1n) is 7.63. The molecule has 0 bridgehead atoms. The Labute approximate surface area is 151 Å². The van der Waals surface area contributed by atoms with Crippen molar-refractivity contribution in [2.75, 3.05) is 5.32 Å². The molecule has 5 nitrogen and oxygen atoms in total. The summed E-state index contributed by atoms with van der Waals surface area (Å²) in [6, 6.07) is 16.5. The van der Waals surface area contributed by atoms with E-state index in [1.165, 1.54) is 0 Å². The number of carbonyl (C=O) groups excluding carboxylic acids is 1. The lowest BCUT2D eigenvalue weighted by Crippen LogP contribution is -2.11. The van der Waals surface area contributed by atoms with E-state index in [0.29, 0.717) is 16.2 Å². The number of rotatable bonds is 3. The monoisotopic (exact) mass is 396 g/mol. The average molecular weight is 397 g/mol. The molecule has 6 heteroatoms. The topological polar surface area (TPSA) is 68.3 Å². The highest BCUT2D eigenvalue weighted by atomic mass is 79.9. The highest BCUT2D eigenvalue weighted by Gasteiger charge is 2.14. The van der Waals surface area contributed by atoms with Gasteiger partial charge < -0.3 is 14.2 Å². The van der Waals surface area contributed by atoms with Crippen LogP contribution in [0.25, 0.3) is 22.6 Å². The van der Waals surface area contributed by atoms with Crippen LogP contribution in [-0.4, -0.2) is 10.9 Å². The van der Waals surface area contributed by atoms with Crippen molar-refractivity contribution in [2.45, 2.75) is 6.92 Å². The summed E-state index contributed by atoms with van der Waals surface area (Å²) in [6.07, 6.45) is 0. The first-order valence-corrected chi connectivity index (χ1v) is 8.43. The largest absolute Gasteiger partial charge is 0.444 e. The summed E-state index contributed by atoms with van der Waals surface area (Å²) >= 11 is 3.19. The zero-order valence-electron chi connectivity index (χ0n) is 13.2. The van der Waals surface area contributed by atoms with Gasteiger partial charge in [0.05, 0.1) is 0 Å². The zero-order valence-corrected chi connectivity index (χ0v) is 14.8. The minimum absolute atomic E-state index is 0.235. The van der Waals surface area contributed by atoms with Gasteiger partial charge in [-0.1, -0.05) is 18.2 Å². The number of amides is 1. The van der Waals surface area contributed by atoms with Gasteiger partial charge in [0, 0.05) is 11.3 Å². The van der Waals surface area contributed by atoms with Crippen molar-refractivity contribution in [3.8, 4) is 11.5 Å². The normalized spacial score (nSPS) is 11.0. The van der Waals surface area contributed by atoms with E-state index in [1.807, 2.05) is 49.4 Å². The Kier molecular flexibility index (Phi) is 3.89. The molecular formula is C19H13BrN2O3. The molecule has 0 fully saturated rings. The molecule has 4 rings (SSSR count). The number of hydrogen-bond acceptors (Lipinski definition) is 4. The number of furan rings is 1. The van der Waals surface area contributed by atoms with Gasteiger partial charge >= 0.3 is 0 Å². The molecule has 0 atom stereocenters. The van der Waals surface area contributed by atoms with Crippen molar-refractivity contribution in [3.63, 3.8) is 0 Å². The van der Waals surface area contributed by atoms with Gasteiger partial charge in [0.15, 0.2) is 16.0 Å². The molecule has 0 saturated heterocycles. The minimum Gasteiger partial charge on any atom is -0.444 e. The van der Waals surface area contributed by atoms with E-state index in [4.69, 9.17) is 8.83 Å². The maximum atomic E-state index is 12.3. The van der Waals surface area contributed by atoms with E-state index in [1.54, 1.807) is 12.1 Å². The van der Waals surface area contributed by atoms with Crippen LogP contribution in [0.1, 0.15) is 16.1 Å². The minimum atomic E-state index is -0.316. The molecule has 0 aliphatic heterocycles. The average Bonchev–Trinajstić information content (AvgIpc) is 3.23. The third-order valence-corrected chi connectivity index (χ3v) is 4.25. The van der Waals surface area contributed by atoms with Crippen LogP contribution >= 0.6 is 15.9 Å². The number of fused-ring (bicyclic) bond motifs is 1. The standard InChI is InChI=1S/C19H13BrN2O3/c1-11-6-7-12(19-22-13-4-2-3-5-15(13)25-19)10-14(11)21-18(23)16-8-9-17(20)24-16/h2-10H,1H3,(H,21,23). The van der Waals surface area contributed by atoms with Gasteiger partial charge in [-0.05, 0) is 64.8 Å². The van der Waals surface area contributed by atoms with Crippen LogP contribution in [-0.2, 0) is 0 Å². The molecule has 1 amide bonds. The summed E-state index contributed by atoms with van der Waals surface area (Å²) in [6.45, 7) is 1.92. The van der Waals surface area contributed by atoms with Gasteiger partial charge in [-0.15, -0.1) is 0 Å². The number of aromatic nitrogens is 1. The highest BCUT2D eigenvalue weighted by molar-refractivity contribution is 9.10. The second-order valence-electron chi connectivity index (χ2n) is 5.57. The number of anilines is 1. The van der Waals surface area contributed by atoms with Gasteiger partial charge in [-0.2, -0.15) is 0 Å². The summed E-state index contributed by atoms with van der Waals surface area (Å²) in [5.41, 5.74) is 3.92. The van der Waals surface area contributed by atoms with Crippen molar-refractivity contribution in [2.24, 2.45) is 0 Å². The van der Waals surface area contributed by atoms with Crippen molar-refractivity contribution in [1.29, 1.82) is 0 Å². The number of benzene rings is 2. The van der Waals surface area contributed by atoms with Gasteiger partial charge in [0.25, 0.3) is 5.91 Å². The molecule has 0 radical (unpaired) electrons. The molecular weight excluding hydrogens is 384 g/mol. The number of aryl methyl sites for hydroxylation is 1. The van der Waals surface area contributed by atoms with Crippen molar-refractivity contribution in [3.05, 3.63) is 70.6 Å². The molecule has 4 aromatic rings. The van der Waals surface area contributed by atoms with E-state index >= 15 is 0 Å². The molecule has 0 spiro atoms. The summed E-state index contributed by atoms with van der Waals surface area (Å²) < 4.78 is 11.6. The zero-order chi connectivity index (χ0) is 17.4. The van der Waals surface area contributed by atoms with Crippen molar-refractivity contribution >= 4 is 38.6 Å². The number of nitrogens with one attached hydrogen (secondary N) is 1. The van der Waals surface area contributed by atoms with Crippen LogP contribution in [0.4, 0.5) is 5.69 Å². The van der Waals surface area contributed by atoms with E-state index in [0.717, 1.165) is 22.2 Å². The molecule has 1 N–H and O–H groups in total. The van der Waals surface area contributed by atoms with Crippen molar-refractivity contribution in [1.82, 2.24) is 4.98 Å². The Morgan fingerprint density at radius 3 is 2.68 bits per heavy atom. The van der Waals surface area contributed by atoms with Crippen LogP contribution in [0.15, 0.2) is 68.1 Å². The van der Waals surface area contributed by atoms with E-state index < -0.39 is 0 Å². The predicted octanol–water partition coefficient (Wildman–Crippen LogP) is 5.41. The van der Waals surface area contributed by atoms with Gasteiger partial charge in [0.2, 0.25) is 5.89 Å². The Balaban J connectivity index is 1.67. The Morgan fingerprint density at radius 2 is 1.92 bits per heavy atom. The summed E-state index contributed by atoms with van der Waals surface area (Å²) in [5, 5.41) is 2.86. The number of oxazole rings is 1. The SMILES string of the molecule is Cc1ccc(-c2nc3ccccc3o2)cc1NC(=O)c1ccc(Br)o1. The smallest absolute Gasteiger partial charge is 0.291 e. The molecule has 0 aliphatic carbocycles. The maximum Gasteiger partial charge on any atom is 0.291 e. The van der Waals surface area contributed by atoms with Crippen LogP contribution < -0.4 is 5.32 Å². The lowest BCUT2D eigenvalue weighted by atomic mass is 10.1. The van der Waals surface area contributed by atoms with Crippen LogP contribution in [0.3, 0.4) is 0 Å². The molecule has 0 unspecified atom stereocenters. The third kappa shape index (κ3) is 3.08. The van der Waals surface area contributed by atoms with Gasteiger partial charge in [0.1, 0.15) is 5.52 Å². The Hall–Kier alpha value is -2.86. The summed E-state index contributed by atoms with van der Waals surface area (Å²) in [4.78, 5) is 16.8. The van der Waals surface area contributed by atoms with Crippen LogP contribution in [0.2, 0.25) is 0 Å². The lowest BCUT2D eigenvalue weighted by molar-refractivity contribution is 0.0995. The molecule has 2 aromatic carbocycles. The lowest BCUT2D eigenvalue weighted by Gasteiger charge is -2.08. The molecule has 2 aromatic heterocycles. The molecule has 0 aliphatic rings. The molecule has 2 heterocycles. The second-order valence-corrected chi connectivity index (χ2v) is 6.36. The fourth-order valence-corrected chi connectivity index (χ4v) is 2.81. The fraction of sp³-hybridized carbons (Fsp3) is 0.0526. The molecule has 124 valence electrons. The second kappa shape index (κ2) is 6.22. The summed E-state index contributed by atoms with van der Waals surface area (Å²) in [7, 11) is 0. The van der Waals surface area contributed by atoms with E-state index in [2.05, 4.69) is 26.2 Å². The predicted molar refractivity (Wildman–Crippen MR) is 98.5 cm³/mol.